The second-order valence-corrected chi connectivity index (χ2v) is 4.81. The predicted molar refractivity (Wildman–Crippen MR) is 83.0 cm³/mol. The first-order valence-corrected chi connectivity index (χ1v) is 6.94. The highest BCUT2D eigenvalue weighted by molar-refractivity contribution is 5.88. The Morgan fingerprint density at radius 2 is 1.80 bits per heavy atom. The molecule has 0 fully saturated rings. The van der Waals surface area contributed by atoms with Gasteiger partial charge in [-0.1, -0.05) is 31.2 Å². The Kier molecular flexibility index (Phi) is 3.64. The predicted octanol–water partition coefficient (Wildman–Crippen LogP) is 4.69. The molecule has 0 unspecified atom stereocenters. The Balaban J connectivity index is 1.96. The molecule has 0 N–H and O–H groups in total. The highest BCUT2D eigenvalue weighted by Crippen LogP contribution is 2.26. The van der Waals surface area contributed by atoms with Gasteiger partial charge < -0.3 is 4.74 Å². The Labute approximate surface area is 119 Å². The number of hydrogen-bond acceptors (Lipinski definition) is 2. The molecule has 20 heavy (non-hydrogen) atoms. The van der Waals surface area contributed by atoms with E-state index in [1.54, 1.807) is 6.20 Å². The van der Waals surface area contributed by atoms with Crippen LogP contribution < -0.4 is 4.74 Å². The van der Waals surface area contributed by atoms with Crippen molar-refractivity contribution in [2.24, 2.45) is 0 Å². The van der Waals surface area contributed by atoms with E-state index in [9.17, 15) is 0 Å². The molecule has 0 spiro atoms. The minimum atomic E-state index is 0.763. The Morgan fingerprint density at radius 1 is 0.950 bits per heavy atom. The van der Waals surface area contributed by atoms with E-state index in [1.807, 2.05) is 18.3 Å². The van der Waals surface area contributed by atoms with E-state index in [-0.39, 0.29) is 0 Å². The second-order valence-electron chi connectivity index (χ2n) is 4.81. The number of hydrogen-bond donors (Lipinski definition) is 0. The third kappa shape index (κ3) is 2.64. The maximum Gasteiger partial charge on any atom is 0.119 e. The van der Waals surface area contributed by atoms with E-state index in [2.05, 4.69) is 48.3 Å². The monoisotopic (exact) mass is 263 g/mol. The number of fused-ring (bicyclic) bond motifs is 1. The molecule has 0 bridgehead atoms. The van der Waals surface area contributed by atoms with Crippen molar-refractivity contribution in [3.05, 3.63) is 60.9 Å². The van der Waals surface area contributed by atoms with Crippen molar-refractivity contribution in [3.63, 3.8) is 0 Å². The largest absolute Gasteiger partial charge is 0.494 e. The van der Waals surface area contributed by atoms with Crippen molar-refractivity contribution in [2.45, 2.75) is 13.3 Å². The Morgan fingerprint density at radius 3 is 2.60 bits per heavy atom. The summed E-state index contributed by atoms with van der Waals surface area (Å²) in [5, 5.41) is 2.42. The lowest BCUT2D eigenvalue weighted by Crippen LogP contribution is -1.94. The van der Waals surface area contributed by atoms with Crippen molar-refractivity contribution in [1.29, 1.82) is 0 Å². The number of benzene rings is 2. The van der Waals surface area contributed by atoms with E-state index in [4.69, 9.17) is 4.74 Å². The zero-order chi connectivity index (χ0) is 13.8. The van der Waals surface area contributed by atoms with Gasteiger partial charge in [0.1, 0.15) is 5.75 Å². The zero-order valence-corrected chi connectivity index (χ0v) is 11.5. The van der Waals surface area contributed by atoms with Crippen LogP contribution >= 0.6 is 0 Å². The van der Waals surface area contributed by atoms with Crippen molar-refractivity contribution in [2.75, 3.05) is 6.61 Å². The first-order chi connectivity index (χ1) is 9.86. The normalized spacial score (nSPS) is 10.7. The fourth-order valence-corrected chi connectivity index (χ4v) is 2.25. The summed E-state index contributed by atoms with van der Waals surface area (Å²) in [6.45, 7) is 2.88. The van der Waals surface area contributed by atoms with Gasteiger partial charge in [0.25, 0.3) is 0 Å². The minimum Gasteiger partial charge on any atom is -0.494 e. The van der Waals surface area contributed by atoms with Gasteiger partial charge in [-0.15, -0.1) is 0 Å². The molecule has 1 aromatic heterocycles. The van der Waals surface area contributed by atoms with Crippen LogP contribution in [-0.2, 0) is 0 Å². The third-order valence-corrected chi connectivity index (χ3v) is 3.28. The van der Waals surface area contributed by atoms with Crippen LogP contribution in [0.4, 0.5) is 0 Å². The van der Waals surface area contributed by atoms with Gasteiger partial charge in [0, 0.05) is 18.0 Å². The van der Waals surface area contributed by atoms with Crippen LogP contribution in [0.3, 0.4) is 0 Å². The van der Waals surface area contributed by atoms with Gasteiger partial charge in [-0.2, -0.15) is 0 Å². The van der Waals surface area contributed by atoms with E-state index in [0.29, 0.717) is 0 Å². The maximum absolute atomic E-state index is 5.67. The van der Waals surface area contributed by atoms with Gasteiger partial charge >= 0.3 is 0 Å². The molecule has 0 aliphatic carbocycles. The molecule has 2 heteroatoms. The first kappa shape index (κ1) is 12.7. The summed E-state index contributed by atoms with van der Waals surface area (Å²) >= 11 is 0. The number of aromatic nitrogens is 1. The summed E-state index contributed by atoms with van der Waals surface area (Å²) in [7, 11) is 0. The van der Waals surface area contributed by atoms with Gasteiger partial charge in [0.2, 0.25) is 0 Å². The van der Waals surface area contributed by atoms with Crippen molar-refractivity contribution < 1.29 is 4.74 Å². The van der Waals surface area contributed by atoms with Gasteiger partial charge in [-0.25, -0.2) is 0 Å². The molecule has 2 nitrogen and oxygen atoms in total. The van der Waals surface area contributed by atoms with Gasteiger partial charge in [-0.05, 0) is 47.0 Å². The van der Waals surface area contributed by atoms with Crippen LogP contribution in [0.1, 0.15) is 13.3 Å². The van der Waals surface area contributed by atoms with Crippen molar-refractivity contribution in [1.82, 2.24) is 4.98 Å². The number of rotatable bonds is 4. The Hall–Kier alpha value is -2.35. The summed E-state index contributed by atoms with van der Waals surface area (Å²) in [5.41, 5.74) is 2.33. The smallest absolute Gasteiger partial charge is 0.119 e. The zero-order valence-electron chi connectivity index (χ0n) is 11.5. The fraction of sp³-hybridized carbons (Fsp3) is 0.167. The molecule has 2 aromatic carbocycles. The summed E-state index contributed by atoms with van der Waals surface area (Å²) in [5.74, 6) is 0.938. The van der Waals surface area contributed by atoms with E-state index in [1.165, 1.54) is 16.3 Å². The van der Waals surface area contributed by atoms with Crippen molar-refractivity contribution in [3.8, 4) is 16.9 Å². The molecule has 0 aliphatic rings. The SMILES string of the molecule is CCCOc1ccc2cc(-c3cccnc3)ccc2c1. The molecule has 0 saturated heterocycles. The molecule has 100 valence electrons. The number of pyridine rings is 1. The average Bonchev–Trinajstić information content (AvgIpc) is 2.53. The Bertz CT molecular complexity index is 707. The van der Waals surface area contributed by atoms with E-state index < -0.39 is 0 Å². The number of nitrogens with zero attached hydrogens (tertiary/aromatic N) is 1. The van der Waals surface area contributed by atoms with Gasteiger partial charge in [0.15, 0.2) is 0 Å². The topological polar surface area (TPSA) is 22.1 Å². The van der Waals surface area contributed by atoms with Crippen LogP contribution in [0.2, 0.25) is 0 Å². The fourth-order valence-electron chi connectivity index (χ4n) is 2.25. The van der Waals surface area contributed by atoms with Crippen LogP contribution in [0.5, 0.6) is 5.75 Å². The highest BCUT2D eigenvalue weighted by atomic mass is 16.5. The molecule has 0 amide bonds. The first-order valence-electron chi connectivity index (χ1n) is 6.94. The lowest BCUT2D eigenvalue weighted by atomic mass is 10.0. The summed E-state index contributed by atoms with van der Waals surface area (Å²) in [6.07, 6.45) is 4.71. The molecule has 0 saturated carbocycles. The van der Waals surface area contributed by atoms with Crippen LogP contribution in [0.25, 0.3) is 21.9 Å². The third-order valence-electron chi connectivity index (χ3n) is 3.28. The van der Waals surface area contributed by atoms with Crippen LogP contribution in [0, 0.1) is 0 Å². The molecule has 3 rings (SSSR count). The molecule has 0 atom stereocenters. The quantitative estimate of drug-likeness (QED) is 0.681. The van der Waals surface area contributed by atoms with Gasteiger partial charge in [0.05, 0.1) is 6.61 Å². The standard InChI is InChI=1S/C18H17NO/c1-2-10-20-18-8-7-14-11-15(5-6-16(14)12-18)17-4-3-9-19-13-17/h3-9,11-13H,2,10H2,1H3. The maximum atomic E-state index is 5.67. The van der Waals surface area contributed by atoms with Crippen LogP contribution in [0.15, 0.2) is 60.9 Å². The lowest BCUT2D eigenvalue weighted by Gasteiger charge is -2.07. The van der Waals surface area contributed by atoms with Crippen LogP contribution in [-0.4, -0.2) is 11.6 Å². The number of ether oxygens (including phenoxy) is 1. The molecule has 0 radical (unpaired) electrons. The minimum absolute atomic E-state index is 0.763. The molecule has 3 aromatic rings. The summed E-state index contributed by atoms with van der Waals surface area (Å²) < 4.78 is 5.67. The summed E-state index contributed by atoms with van der Waals surface area (Å²) in [6, 6.07) is 16.7. The van der Waals surface area contributed by atoms with E-state index in [0.717, 1.165) is 24.3 Å². The summed E-state index contributed by atoms with van der Waals surface area (Å²) in [4.78, 5) is 4.17. The van der Waals surface area contributed by atoms with Crippen molar-refractivity contribution >= 4 is 10.8 Å². The lowest BCUT2D eigenvalue weighted by molar-refractivity contribution is 0.318. The van der Waals surface area contributed by atoms with Gasteiger partial charge in [-0.3, -0.25) is 4.98 Å². The second kappa shape index (κ2) is 5.74. The molecule has 1 heterocycles. The van der Waals surface area contributed by atoms with E-state index >= 15 is 0 Å². The molecular weight excluding hydrogens is 246 g/mol. The molecular formula is C18H17NO. The highest BCUT2D eigenvalue weighted by Gasteiger charge is 2.01. The average molecular weight is 263 g/mol. The molecule has 0 aliphatic heterocycles.